The Morgan fingerprint density at radius 1 is 0.741 bits per heavy atom. The highest BCUT2D eigenvalue weighted by atomic mass is 32.3. The van der Waals surface area contributed by atoms with Crippen LogP contribution in [0.3, 0.4) is 0 Å². The van der Waals surface area contributed by atoms with E-state index < -0.39 is 96.7 Å². The number of sulfone groups is 1. The summed E-state index contributed by atoms with van der Waals surface area (Å²) >= 11 is 0. The van der Waals surface area contributed by atoms with Crippen LogP contribution in [0.2, 0.25) is 0 Å². The Bertz CT molecular complexity index is 2950. The van der Waals surface area contributed by atoms with Gasteiger partial charge in [-0.1, -0.05) is 0 Å². The zero-order valence-corrected chi connectivity index (χ0v) is 32.4. The van der Waals surface area contributed by atoms with Crippen LogP contribution in [-0.4, -0.2) is 88.9 Å². The summed E-state index contributed by atoms with van der Waals surface area (Å²) in [5.74, 6) is -3.64. The molecule has 308 valence electrons. The minimum atomic E-state index is -5.26. The Hall–Kier alpha value is -5.88. The number of hydrogen-bond donors (Lipinski definition) is 6. The molecule has 0 aliphatic rings. The molecule has 0 saturated carbocycles. The number of ether oxygens (including phenoxy) is 1. The number of benzene rings is 4. The number of phenols is 1. The smallest absolute Gasteiger partial charge is 0.397 e. The minimum Gasteiger partial charge on any atom is -0.505 e. The number of hydrogen-bond acceptors (Lipinski definition) is 19. The van der Waals surface area contributed by atoms with Crippen molar-refractivity contribution in [2.45, 2.75) is 14.7 Å². The predicted molar refractivity (Wildman–Crippen MR) is 197 cm³/mol. The number of anilines is 3. The van der Waals surface area contributed by atoms with Crippen LogP contribution in [0.15, 0.2) is 95.8 Å². The van der Waals surface area contributed by atoms with E-state index in [0.717, 1.165) is 55.6 Å². The van der Waals surface area contributed by atoms with E-state index in [0.29, 0.717) is 0 Å². The number of halogens is 2. The summed E-state index contributed by atoms with van der Waals surface area (Å²) in [6.45, 7) is -0.919. The Morgan fingerprint density at radius 3 is 2.03 bits per heavy atom. The maximum absolute atomic E-state index is 13.6. The fourth-order valence-corrected chi connectivity index (χ4v) is 7.76. The van der Waals surface area contributed by atoms with Crippen LogP contribution in [0.1, 0.15) is 0 Å². The molecular weight excluding hydrogens is 863 g/mol. The van der Waals surface area contributed by atoms with Gasteiger partial charge in [0.15, 0.2) is 15.6 Å². The van der Waals surface area contributed by atoms with Crippen LogP contribution in [0.4, 0.5) is 48.7 Å². The first-order valence-corrected chi connectivity index (χ1v) is 21.3. The van der Waals surface area contributed by atoms with E-state index in [9.17, 15) is 56.7 Å². The Balaban J connectivity index is 1.60. The molecule has 0 saturated heterocycles. The van der Waals surface area contributed by atoms with Crippen LogP contribution in [0.25, 0.3) is 10.8 Å². The van der Waals surface area contributed by atoms with Crippen molar-refractivity contribution in [3.8, 4) is 11.5 Å². The first-order valence-electron chi connectivity index (χ1n) is 15.4. The third-order valence-corrected chi connectivity index (χ3v) is 11.4. The van der Waals surface area contributed by atoms with Crippen molar-refractivity contribution in [1.29, 1.82) is 0 Å². The van der Waals surface area contributed by atoms with E-state index >= 15 is 0 Å². The van der Waals surface area contributed by atoms with Gasteiger partial charge in [0.25, 0.3) is 20.2 Å². The molecular formula is C30H26F2N8O14S4. The quantitative estimate of drug-likeness (QED) is 0.0335. The molecule has 22 nitrogen and oxygen atoms in total. The summed E-state index contributed by atoms with van der Waals surface area (Å²) in [4.78, 5) is 4.02. The van der Waals surface area contributed by atoms with Gasteiger partial charge in [-0.15, -0.1) is 20.5 Å². The number of aromatic hydroxyl groups is 1. The molecule has 0 fully saturated rings. The largest absolute Gasteiger partial charge is 0.505 e. The van der Waals surface area contributed by atoms with E-state index in [1.807, 2.05) is 0 Å². The number of phenolic OH excluding ortho intramolecular Hbond substituents is 1. The van der Waals surface area contributed by atoms with Gasteiger partial charge < -0.3 is 20.5 Å². The van der Waals surface area contributed by atoms with Gasteiger partial charge in [-0.2, -0.15) is 44.0 Å². The average Bonchev–Trinajstić information content (AvgIpc) is 3.11. The first kappa shape index (κ1) is 43.2. The summed E-state index contributed by atoms with van der Waals surface area (Å²) in [6.07, 6.45) is -1.42. The van der Waals surface area contributed by atoms with Crippen molar-refractivity contribution in [3.63, 3.8) is 0 Å². The molecule has 6 N–H and O–H groups in total. The van der Waals surface area contributed by atoms with Crippen molar-refractivity contribution >= 4 is 91.2 Å². The SMILES string of the molecule is CNc1ccc2c(O)c(N=Nc3ccc(S(=O)(=O)CCOS(=O)(=O)O)cc3OC)c(S(=O)(=O)O)cc2c1N=Nc1cc(Nc2cc(F)nc(F)n2)ccc1S(=O)(=O)O. The lowest BCUT2D eigenvalue weighted by molar-refractivity contribution is 0.284. The van der Waals surface area contributed by atoms with Crippen molar-refractivity contribution in [2.24, 2.45) is 20.5 Å². The van der Waals surface area contributed by atoms with Crippen molar-refractivity contribution in [2.75, 3.05) is 37.2 Å². The van der Waals surface area contributed by atoms with Crippen LogP contribution in [0.5, 0.6) is 11.5 Å². The normalized spacial score (nSPS) is 12.7. The predicted octanol–water partition coefficient (Wildman–Crippen LogP) is 5.32. The topological polar surface area (TPSA) is 335 Å². The summed E-state index contributed by atoms with van der Waals surface area (Å²) in [5, 5.41) is 31.8. The lowest BCUT2D eigenvalue weighted by Gasteiger charge is -2.13. The van der Waals surface area contributed by atoms with Crippen LogP contribution in [-0.2, 0) is 44.7 Å². The molecule has 0 bridgehead atoms. The Kier molecular flexibility index (Phi) is 12.3. The minimum absolute atomic E-state index is 0.0508. The molecule has 0 unspecified atom stereocenters. The van der Waals surface area contributed by atoms with Gasteiger partial charge in [-0.3, -0.25) is 13.7 Å². The highest BCUT2D eigenvalue weighted by molar-refractivity contribution is 7.91. The number of rotatable bonds is 15. The molecule has 0 radical (unpaired) electrons. The number of fused-ring (bicyclic) bond motifs is 1. The highest BCUT2D eigenvalue weighted by Crippen LogP contribution is 2.47. The van der Waals surface area contributed by atoms with Gasteiger partial charge in [0, 0.05) is 35.6 Å². The van der Waals surface area contributed by atoms with E-state index in [4.69, 9.17) is 9.29 Å². The van der Waals surface area contributed by atoms with E-state index in [1.165, 1.54) is 19.2 Å². The molecule has 1 aromatic heterocycles. The maximum atomic E-state index is 13.6. The lowest BCUT2D eigenvalue weighted by Crippen LogP contribution is -2.15. The summed E-state index contributed by atoms with van der Waals surface area (Å²) in [5.41, 5.74) is -1.80. The van der Waals surface area contributed by atoms with E-state index in [-0.39, 0.29) is 45.1 Å². The molecule has 4 aromatic carbocycles. The number of aromatic nitrogens is 2. The third-order valence-electron chi connectivity index (χ3n) is 7.54. The van der Waals surface area contributed by atoms with Crippen molar-refractivity contribution in [1.82, 2.24) is 9.97 Å². The standard InChI is InChI=1S/C30H26F2N8O14S4/c1-33-20-7-5-17-18(27(20)39-38-21-11-15(3-8-23(21)56(44,45)46)34-26-14-25(31)35-30(32)36-26)13-24(57(47,48)49)28(29(17)41)40-37-19-6-4-16(12-22(19)53-2)55(42,43)10-9-54-58(50,51)52/h3-8,11-14,33,41H,9-10H2,1-2H3,(H,34,35,36)(H,44,45,46)(H,47,48,49)(H,50,51,52). The van der Waals surface area contributed by atoms with Gasteiger partial charge >= 0.3 is 16.5 Å². The Morgan fingerprint density at radius 2 is 1.41 bits per heavy atom. The fraction of sp³-hybridized carbons (Fsp3) is 0.133. The van der Waals surface area contributed by atoms with Gasteiger partial charge in [0.05, 0.1) is 30.1 Å². The van der Waals surface area contributed by atoms with Crippen molar-refractivity contribution < 1.29 is 70.1 Å². The summed E-state index contributed by atoms with van der Waals surface area (Å²) in [7, 11) is -16.8. The molecule has 0 atom stereocenters. The van der Waals surface area contributed by atoms with Gasteiger partial charge in [-0.25, -0.2) is 12.6 Å². The molecule has 58 heavy (non-hydrogen) atoms. The second-order valence-corrected chi connectivity index (χ2v) is 17.3. The van der Waals surface area contributed by atoms with Gasteiger partial charge in [0.2, 0.25) is 5.95 Å². The van der Waals surface area contributed by atoms with Crippen LogP contribution >= 0.6 is 0 Å². The van der Waals surface area contributed by atoms with Crippen LogP contribution in [0, 0.1) is 12.0 Å². The summed E-state index contributed by atoms with van der Waals surface area (Å²) in [6, 6.07) is 10.2. The number of azo groups is 2. The van der Waals surface area contributed by atoms with Gasteiger partial charge in [0.1, 0.15) is 44.1 Å². The van der Waals surface area contributed by atoms with E-state index in [2.05, 4.69) is 45.2 Å². The molecule has 5 rings (SSSR count). The number of nitrogens with zero attached hydrogens (tertiary/aromatic N) is 6. The van der Waals surface area contributed by atoms with E-state index in [1.54, 1.807) is 0 Å². The molecule has 5 aromatic rings. The molecule has 0 aliphatic heterocycles. The second kappa shape index (κ2) is 16.5. The van der Waals surface area contributed by atoms with Gasteiger partial charge in [-0.05, 0) is 48.5 Å². The summed E-state index contributed by atoms with van der Waals surface area (Å²) < 4.78 is 162. The first-order chi connectivity index (χ1) is 27.0. The highest BCUT2D eigenvalue weighted by Gasteiger charge is 2.25. The third kappa shape index (κ3) is 10.2. The van der Waals surface area contributed by atoms with Crippen molar-refractivity contribution in [3.05, 3.63) is 72.7 Å². The second-order valence-electron chi connectivity index (χ2n) is 11.3. The Labute approximate surface area is 326 Å². The fourth-order valence-electron chi connectivity index (χ4n) is 5.01. The zero-order valence-electron chi connectivity index (χ0n) is 29.1. The molecule has 1 heterocycles. The maximum Gasteiger partial charge on any atom is 0.397 e. The molecule has 0 amide bonds. The molecule has 28 heteroatoms. The monoisotopic (exact) mass is 888 g/mol. The molecule has 0 spiro atoms. The van der Waals surface area contributed by atoms with Crippen LogP contribution < -0.4 is 15.4 Å². The average molecular weight is 889 g/mol. The lowest BCUT2D eigenvalue weighted by atomic mass is 10.1. The number of nitrogens with one attached hydrogen (secondary N) is 2. The molecule has 0 aliphatic carbocycles. The zero-order chi connectivity index (χ0) is 42.8. The number of methoxy groups -OCH3 is 1.